The van der Waals surface area contributed by atoms with Gasteiger partial charge in [-0.3, -0.25) is 0 Å². The van der Waals surface area contributed by atoms with Gasteiger partial charge in [-0.05, 0) is 84.9 Å². The van der Waals surface area contributed by atoms with Crippen LogP contribution in [0.15, 0.2) is 37.9 Å². The Morgan fingerprint density at radius 1 is 1.17 bits per heavy atom. The van der Waals surface area contributed by atoms with Crippen LogP contribution in [0.5, 0.6) is 5.75 Å². The molecule has 0 saturated heterocycles. The quantitative estimate of drug-likeness (QED) is 0.823. The van der Waals surface area contributed by atoms with Crippen LogP contribution in [0.3, 0.4) is 0 Å². The van der Waals surface area contributed by atoms with Crippen LogP contribution in [0.2, 0.25) is 0 Å². The molecule has 0 aliphatic carbocycles. The number of thiophene rings is 1. The van der Waals surface area contributed by atoms with E-state index in [9.17, 15) is 0 Å². The maximum absolute atomic E-state index is 5.83. The average Bonchev–Trinajstić information content (AvgIpc) is 2.81. The standard InChI is InChI=1S/C13H13Br2NOS/c14-11-5-9(1-3-16)6-12(15)13(11)17-7-10-2-4-18-8-10/h2,4-6,8H,1,3,7,16H2. The lowest BCUT2D eigenvalue weighted by molar-refractivity contribution is 0.302. The Labute approximate surface area is 127 Å². The number of hydrogen-bond donors (Lipinski definition) is 1. The summed E-state index contributed by atoms with van der Waals surface area (Å²) in [5.74, 6) is 0.835. The lowest BCUT2D eigenvalue weighted by Crippen LogP contribution is -2.03. The predicted octanol–water partition coefficient (Wildman–Crippen LogP) is 4.35. The van der Waals surface area contributed by atoms with Crippen LogP contribution in [0.4, 0.5) is 0 Å². The Morgan fingerprint density at radius 2 is 1.89 bits per heavy atom. The Hall–Kier alpha value is -0.360. The van der Waals surface area contributed by atoms with Gasteiger partial charge in [-0.1, -0.05) is 0 Å². The van der Waals surface area contributed by atoms with Crippen LogP contribution >= 0.6 is 43.2 Å². The molecule has 5 heteroatoms. The summed E-state index contributed by atoms with van der Waals surface area (Å²) in [6, 6.07) is 6.18. The van der Waals surface area contributed by atoms with Crippen molar-refractivity contribution < 1.29 is 4.74 Å². The highest BCUT2D eigenvalue weighted by Gasteiger charge is 2.09. The molecule has 0 spiro atoms. The third-order valence-electron chi connectivity index (χ3n) is 2.45. The van der Waals surface area contributed by atoms with Crippen LogP contribution in [-0.4, -0.2) is 6.54 Å². The van der Waals surface area contributed by atoms with Gasteiger partial charge in [-0.15, -0.1) is 0 Å². The van der Waals surface area contributed by atoms with Crippen molar-refractivity contribution in [3.63, 3.8) is 0 Å². The fourth-order valence-corrected chi connectivity index (χ4v) is 3.76. The summed E-state index contributed by atoms with van der Waals surface area (Å²) in [5.41, 5.74) is 7.94. The molecule has 1 heterocycles. The van der Waals surface area contributed by atoms with Gasteiger partial charge in [0.15, 0.2) is 0 Å². The Balaban J connectivity index is 2.12. The van der Waals surface area contributed by atoms with Crippen molar-refractivity contribution in [3.8, 4) is 5.75 Å². The summed E-state index contributed by atoms with van der Waals surface area (Å²) in [6.45, 7) is 1.23. The first-order valence-electron chi connectivity index (χ1n) is 5.52. The fraction of sp³-hybridized carbons (Fsp3) is 0.231. The van der Waals surface area contributed by atoms with E-state index in [1.807, 2.05) is 5.38 Å². The third-order valence-corrected chi connectivity index (χ3v) is 4.36. The minimum absolute atomic E-state index is 0.580. The molecule has 0 amide bonds. The van der Waals surface area contributed by atoms with Gasteiger partial charge in [-0.2, -0.15) is 11.3 Å². The van der Waals surface area contributed by atoms with Gasteiger partial charge in [0.1, 0.15) is 12.4 Å². The van der Waals surface area contributed by atoms with E-state index >= 15 is 0 Å². The molecule has 0 unspecified atom stereocenters. The van der Waals surface area contributed by atoms with Crippen LogP contribution in [0, 0.1) is 0 Å². The number of benzene rings is 1. The first kappa shape index (κ1) is 14.1. The zero-order valence-electron chi connectivity index (χ0n) is 9.66. The second kappa shape index (κ2) is 6.70. The van der Waals surface area contributed by atoms with E-state index in [1.165, 1.54) is 11.1 Å². The van der Waals surface area contributed by atoms with Gasteiger partial charge in [0, 0.05) is 0 Å². The first-order chi connectivity index (χ1) is 8.70. The minimum atomic E-state index is 0.580. The molecule has 1 aromatic heterocycles. The lowest BCUT2D eigenvalue weighted by Gasteiger charge is -2.11. The highest BCUT2D eigenvalue weighted by atomic mass is 79.9. The van der Waals surface area contributed by atoms with E-state index in [-0.39, 0.29) is 0 Å². The van der Waals surface area contributed by atoms with Gasteiger partial charge in [0.25, 0.3) is 0 Å². The number of hydrogen-bond acceptors (Lipinski definition) is 3. The maximum Gasteiger partial charge on any atom is 0.148 e. The summed E-state index contributed by atoms with van der Waals surface area (Å²) in [4.78, 5) is 0. The molecule has 2 rings (SSSR count). The van der Waals surface area contributed by atoms with Crippen molar-refractivity contribution in [2.45, 2.75) is 13.0 Å². The summed E-state index contributed by atoms with van der Waals surface area (Å²) in [6.07, 6.45) is 0.863. The molecule has 96 valence electrons. The van der Waals surface area contributed by atoms with E-state index in [0.717, 1.165) is 21.1 Å². The second-order valence-electron chi connectivity index (χ2n) is 3.85. The predicted molar refractivity (Wildman–Crippen MR) is 83.3 cm³/mol. The highest BCUT2D eigenvalue weighted by Crippen LogP contribution is 2.35. The van der Waals surface area contributed by atoms with Crippen LogP contribution < -0.4 is 10.5 Å². The summed E-state index contributed by atoms with van der Waals surface area (Å²) in [5, 5.41) is 4.14. The van der Waals surface area contributed by atoms with Crippen molar-refractivity contribution in [1.82, 2.24) is 0 Å². The van der Waals surface area contributed by atoms with E-state index in [0.29, 0.717) is 13.2 Å². The van der Waals surface area contributed by atoms with Crippen molar-refractivity contribution in [2.24, 2.45) is 5.73 Å². The van der Waals surface area contributed by atoms with Gasteiger partial charge in [0.05, 0.1) is 8.95 Å². The maximum atomic E-state index is 5.83. The first-order valence-corrected chi connectivity index (χ1v) is 8.05. The minimum Gasteiger partial charge on any atom is -0.487 e. The molecule has 0 aliphatic heterocycles. The van der Waals surface area contributed by atoms with Crippen molar-refractivity contribution in [2.75, 3.05) is 6.54 Å². The molecule has 0 fully saturated rings. The second-order valence-corrected chi connectivity index (χ2v) is 6.34. The fourth-order valence-electron chi connectivity index (χ4n) is 1.59. The van der Waals surface area contributed by atoms with Crippen molar-refractivity contribution >= 4 is 43.2 Å². The van der Waals surface area contributed by atoms with Gasteiger partial charge >= 0.3 is 0 Å². The van der Waals surface area contributed by atoms with Crippen LogP contribution in [-0.2, 0) is 13.0 Å². The molecule has 0 saturated carbocycles. The number of rotatable bonds is 5. The normalized spacial score (nSPS) is 10.6. The number of nitrogens with two attached hydrogens (primary N) is 1. The number of halogens is 2. The molecular formula is C13H13Br2NOS. The zero-order valence-corrected chi connectivity index (χ0v) is 13.6. The van der Waals surface area contributed by atoms with Crippen LogP contribution in [0.25, 0.3) is 0 Å². The van der Waals surface area contributed by atoms with E-state index in [2.05, 4.69) is 55.4 Å². The Kier molecular flexibility index (Phi) is 5.24. The van der Waals surface area contributed by atoms with Crippen molar-refractivity contribution in [1.29, 1.82) is 0 Å². The third kappa shape index (κ3) is 3.57. The van der Waals surface area contributed by atoms with Gasteiger partial charge in [-0.25, -0.2) is 0 Å². The average molecular weight is 391 g/mol. The summed E-state index contributed by atoms with van der Waals surface area (Å²) in [7, 11) is 0. The molecule has 0 aliphatic rings. The molecule has 2 nitrogen and oxygen atoms in total. The summed E-state index contributed by atoms with van der Waals surface area (Å²) >= 11 is 8.75. The van der Waals surface area contributed by atoms with Crippen LogP contribution in [0.1, 0.15) is 11.1 Å². The summed E-state index contributed by atoms with van der Waals surface area (Å²) < 4.78 is 7.74. The zero-order chi connectivity index (χ0) is 13.0. The Bertz CT molecular complexity index is 491. The largest absolute Gasteiger partial charge is 0.487 e. The Morgan fingerprint density at radius 3 is 2.44 bits per heavy atom. The molecule has 2 N–H and O–H groups in total. The SMILES string of the molecule is NCCc1cc(Br)c(OCc2ccsc2)c(Br)c1. The number of ether oxygens (including phenoxy) is 1. The van der Waals surface area contributed by atoms with E-state index in [1.54, 1.807) is 11.3 Å². The lowest BCUT2D eigenvalue weighted by atomic mass is 10.1. The molecule has 18 heavy (non-hydrogen) atoms. The highest BCUT2D eigenvalue weighted by molar-refractivity contribution is 9.11. The van der Waals surface area contributed by atoms with E-state index < -0.39 is 0 Å². The van der Waals surface area contributed by atoms with Gasteiger partial charge < -0.3 is 10.5 Å². The molecule has 0 bridgehead atoms. The molecule has 2 aromatic rings. The molecule has 0 radical (unpaired) electrons. The van der Waals surface area contributed by atoms with Crippen molar-refractivity contribution in [3.05, 3.63) is 49.0 Å². The van der Waals surface area contributed by atoms with Gasteiger partial charge in [0.2, 0.25) is 0 Å². The molecular weight excluding hydrogens is 378 g/mol. The van der Waals surface area contributed by atoms with E-state index in [4.69, 9.17) is 10.5 Å². The molecule has 0 atom stereocenters. The monoisotopic (exact) mass is 389 g/mol. The smallest absolute Gasteiger partial charge is 0.148 e. The topological polar surface area (TPSA) is 35.2 Å². The molecule has 1 aromatic carbocycles.